The lowest BCUT2D eigenvalue weighted by molar-refractivity contribution is 0.0996. The summed E-state index contributed by atoms with van der Waals surface area (Å²) in [5, 5.41) is 1.84. The molecule has 0 N–H and O–H groups in total. The van der Waals surface area contributed by atoms with Gasteiger partial charge in [0.15, 0.2) is 0 Å². The third-order valence-corrected chi connectivity index (χ3v) is 3.49. The van der Waals surface area contributed by atoms with Gasteiger partial charge in [0.05, 0.1) is 16.8 Å². The predicted molar refractivity (Wildman–Crippen MR) is 68.5 cm³/mol. The van der Waals surface area contributed by atoms with Crippen molar-refractivity contribution in [1.29, 1.82) is 0 Å². The molecule has 2 aromatic heterocycles. The standard InChI is InChI=1S/C11H10N2OS2/c1-13(8-3-2-4-12-6-8)11(14)10-5-9(15)7-16-10/h2-7,15H,1H3. The molecule has 0 aliphatic rings. The van der Waals surface area contributed by atoms with Crippen LogP contribution in [0.2, 0.25) is 0 Å². The summed E-state index contributed by atoms with van der Waals surface area (Å²) < 4.78 is 0. The van der Waals surface area contributed by atoms with Crippen LogP contribution in [0.15, 0.2) is 40.9 Å². The predicted octanol–water partition coefficient (Wildman–Crippen LogP) is 2.71. The number of aromatic nitrogens is 1. The number of hydrogen-bond acceptors (Lipinski definition) is 4. The molecule has 0 aliphatic carbocycles. The van der Waals surface area contributed by atoms with Crippen LogP contribution in [0.4, 0.5) is 5.69 Å². The summed E-state index contributed by atoms with van der Waals surface area (Å²) in [5.74, 6) is -0.0432. The Hall–Kier alpha value is -1.33. The van der Waals surface area contributed by atoms with E-state index >= 15 is 0 Å². The first-order chi connectivity index (χ1) is 7.68. The Kier molecular flexibility index (Phi) is 3.26. The lowest BCUT2D eigenvalue weighted by atomic mass is 10.3. The Morgan fingerprint density at radius 2 is 2.38 bits per heavy atom. The summed E-state index contributed by atoms with van der Waals surface area (Å²) in [4.78, 5) is 19.1. The molecule has 3 nitrogen and oxygen atoms in total. The highest BCUT2D eigenvalue weighted by atomic mass is 32.1. The number of carbonyl (C=O) groups excluding carboxylic acids is 1. The lowest BCUT2D eigenvalue weighted by Gasteiger charge is -2.15. The molecule has 16 heavy (non-hydrogen) atoms. The Labute approximate surface area is 103 Å². The average Bonchev–Trinajstić information content (AvgIpc) is 2.75. The van der Waals surface area contributed by atoms with Crippen molar-refractivity contribution in [3.05, 3.63) is 40.8 Å². The van der Waals surface area contributed by atoms with Crippen molar-refractivity contribution in [2.24, 2.45) is 0 Å². The zero-order valence-corrected chi connectivity index (χ0v) is 10.3. The van der Waals surface area contributed by atoms with E-state index in [0.717, 1.165) is 10.6 Å². The molecule has 0 spiro atoms. The summed E-state index contributed by atoms with van der Waals surface area (Å²) in [5.41, 5.74) is 0.779. The number of amides is 1. The maximum absolute atomic E-state index is 12.0. The molecule has 0 aromatic carbocycles. The molecule has 5 heteroatoms. The van der Waals surface area contributed by atoms with Crippen LogP contribution in [-0.4, -0.2) is 17.9 Å². The van der Waals surface area contributed by atoms with E-state index < -0.39 is 0 Å². The van der Waals surface area contributed by atoms with Crippen LogP contribution in [0, 0.1) is 0 Å². The maximum atomic E-state index is 12.0. The number of thiophene rings is 1. The molecule has 0 fully saturated rings. The lowest BCUT2D eigenvalue weighted by Crippen LogP contribution is -2.25. The first kappa shape index (κ1) is 11.2. The summed E-state index contributed by atoms with van der Waals surface area (Å²) in [6.45, 7) is 0. The van der Waals surface area contributed by atoms with Gasteiger partial charge in [-0.15, -0.1) is 24.0 Å². The van der Waals surface area contributed by atoms with E-state index in [1.165, 1.54) is 11.3 Å². The molecular weight excluding hydrogens is 240 g/mol. The summed E-state index contributed by atoms with van der Waals surface area (Å²) >= 11 is 5.58. The third-order valence-electron chi connectivity index (χ3n) is 2.13. The van der Waals surface area contributed by atoms with Crippen LogP contribution < -0.4 is 4.90 Å². The highest BCUT2D eigenvalue weighted by molar-refractivity contribution is 7.80. The second kappa shape index (κ2) is 4.67. The van der Waals surface area contributed by atoms with Crippen molar-refractivity contribution >= 4 is 35.6 Å². The molecule has 82 valence electrons. The number of pyridine rings is 1. The normalized spacial score (nSPS) is 10.1. The number of anilines is 1. The van der Waals surface area contributed by atoms with E-state index in [9.17, 15) is 4.79 Å². The fourth-order valence-corrected chi connectivity index (χ4v) is 2.40. The third kappa shape index (κ3) is 2.25. The van der Waals surface area contributed by atoms with Gasteiger partial charge in [-0.05, 0) is 18.2 Å². The smallest absolute Gasteiger partial charge is 0.268 e. The molecular formula is C11H10N2OS2. The molecule has 2 heterocycles. The van der Waals surface area contributed by atoms with Crippen molar-refractivity contribution < 1.29 is 4.79 Å². The van der Waals surface area contributed by atoms with Gasteiger partial charge in [-0.25, -0.2) is 0 Å². The fourth-order valence-electron chi connectivity index (χ4n) is 1.27. The van der Waals surface area contributed by atoms with E-state index in [1.54, 1.807) is 36.5 Å². The van der Waals surface area contributed by atoms with E-state index in [-0.39, 0.29) is 5.91 Å². The van der Waals surface area contributed by atoms with Crippen molar-refractivity contribution in [3.63, 3.8) is 0 Å². The summed E-state index contributed by atoms with van der Waals surface area (Å²) in [6, 6.07) is 5.42. The van der Waals surface area contributed by atoms with Crippen LogP contribution in [-0.2, 0) is 0 Å². The van der Waals surface area contributed by atoms with Crippen LogP contribution in [0.1, 0.15) is 9.67 Å². The number of nitrogens with zero attached hydrogens (tertiary/aromatic N) is 2. The number of thiol groups is 1. The minimum atomic E-state index is -0.0432. The minimum absolute atomic E-state index is 0.0432. The largest absolute Gasteiger partial charge is 0.309 e. The Balaban J connectivity index is 2.23. The summed E-state index contributed by atoms with van der Waals surface area (Å²) in [7, 11) is 1.73. The number of carbonyl (C=O) groups is 1. The Morgan fingerprint density at radius 1 is 1.56 bits per heavy atom. The zero-order valence-electron chi connectivity index (χ0n) is 8.62. The monoisotopic (exact) mass is 250 g/mol. The molecule has 2 aromatic rings. The van der Waals surface area contributed by atoms with Crippen LogP contribution in [0.3, 0.4) is 0 Å². The topological polar surface area (TPSA) is 33.2 Å². The highest BCUT2D eigenvalue weighted by Crippen LogP contribution is 2.21. The number of hydrogen-bond donors (Lipinski definition) is 1. The van der Waals surface area contributed by atoms with Gasteiger partial charge in [-0.1, -0.05) is 0 Å². The second-order valence-electron chi connectivity index (χ2n) is 3.24. The van der Waals surface area contributed by atoms with Crippen molar-refractivity contribution in [1.82, 2.24) is 4.98 Å². The van der Waals surface area contributed by atoms with Crippen LogP contribution in [0.25, 0.3) is 0 Å². The van der Waals surface area contributed by atoms with E-state index in [2.05, 4.69) is 17.6 Å². The maximum Gasteiger partial charge on any atom is 0.268 e. The van der Waals surface area contributed by atoms with Gasteiger partial charge in [0.25, 0.3) is 5.91 Å². The highest BCUT2D eigenvalue weighted by Gasteiger charge is 2.14. The molecule has 0 atom stereocenters. The Bertz CT molecular complexity index is 496. The van der Waals surface area contributed by atoms with Crippen LogP contribution >= 0.6 is 24.0 Å². The van der Waals surface area contributed by atoms with E-state index in [4.69, 9.17) is 0 Å². The van der Waals surface area contributed by atoms with E-state index in [0.29, 0.717) is 4.88 Å². The molecule has 0 aliphatic heterocycles. The van der Waals surface area contributed by atoms with Crippen molar-refractivity contribution in [2.45, 2.75) is 4.90 Å². The van der Waals surface area contributed by atoms with Crippen molar-refractivity contribution in [3.8, 4) is 0 Å². The molecule has 0 saturated heterocycles. The molecule has 0 unspecified atom stereocenters. The van der Waals surface area contributed by atoms with Gasteiger partial charge in [-0.3, -0.25) is 9.78 Å². The molecule has 0 radical (unpaired) electrons. The SMILES string of the molecule is CN(C(=O)c1cc(S)cs1)c1cccnc1. The van der Waals surface area contributed by atoms with Gasteiger partial charge in [0, 0.05) is 23.5 Å². The van der Waals surface area contributed by atoms with Gasteiger partial charge < -0.3 is 4.90 Å². The van der Waals surface area contributed by atoms with Gasteiger partial charge in [0.1, 0.15) is 0 Å². The molecule has 2 rings (SSSR count). The average molecular weight is 250 g/mol. The first-order valence-corrected chi connectivity index (χ1v) is 5.97. The molecule has 1 amide bonds. The fraction of sp³-hybridized carbons (Fsp3) is 0.0909. The molecule has 0 bridgehead atoms. The zero-order chi connectivity index (χ0) is 11.5. The summed E-state index contributed by atoms with van der Waals surface area (Å²) in [6.07, 6.45) is 3.34. The van der Waals surface area contributed by atoms with Crippen molar-refractivity contribution in [2.75, 3.05) is 11.9 Å². The molecule has 0 saturated carbocycles. The van der Waals surface area contributed by atoms with Gasteiger partial charge in [0.2, 0.25) is 0 Å². The second-order valence-corrected chi connectivity index (χ2v) is 4.67. The van der Waals surface area contributed by atoms with E-state index in [1.807, 2.05) is 11.4 Å². The quantitative estimate of drug-likeness (QED) is 0.831. The van der Waals surface area contributed by atoms with Gasteiger partial charge in [-0.2, -0.15) is 0 Å². The van der Waals surface area contributed by atoms with Gasteiger partial charge >= 0.3 is 0 Å². The number of rotatable bonds is 2. The minimum Gasteiger partial charge on any atom is -0.309 e. The Morgan fingerprint density at radius 3 is 2.94 bits per heavy atom. The first-order valence-electron chi connectivity index (χ1n) is 4.64. The van der Waals surface area contributed by atoms with Crippen LogP contribution in [0.5, 0.6) is 0 Å².